The van der Waals surface area contributed by atoms with E-state index >= 15 is 0 Å². The SMILES string of the molecule is O=c1[nH]cc(-c2cc3ccccc3[nH]c2=O)s1. The van der Waals surface area contributed by atoms with Crippen molar-refractivity contribution in [2.24, 2.45) is 0 Å². The van der Waals surface area contributed by atoms with E-state index in [1.54, 1.807) is 12.3 Å². The number of H-pyrrole nitrogens is 2. The van der Waals surface area contributed by atoms with Crippen LogP contribution in [0.1, 0.15) is 0 Å². The predicted molar refractivity (Wildman–Crippen MR) is 68.5 cm³/mol. The van der Waals surface area contributed by atoms with Crippen LogP contribution in [0.25, 0.3) is 21.3 Å². The van der Waals surface area contributed by atoms with Crippen molar-refractivity contribution >= 4 is 22.2 Å². The highest BCUT2D eigenvalue weighted by atomic mass is 32.1. The molecule has 0 amide bonds. The highest BCUT2D eigenvalue weighted by molar-refractivity contribution is 7.12. The zero-order valence-corrected chi connectivity index (χ0v) is 9.51. The minimum atomic E-state index is -0.182. The Labute approximate surface area is 99.6 Å². The third-order valence-corrected chi connectivity index (χ3v) is 3.40. The summed E-state index contributed by atoms with van der Waals surface area (Å²) < 4.78 is 0. The lowest BCUT2D eigenvalue weighted by molar-refractivity contribution is 1.30. The molecule has 2 heterocycles. The van der Waals surface area contributed by atoms with Gasteiger partial charge in [-0.3, -0.25) is 9.59 Å². The molecular formula is C12H8N2O2S. The van der Waals surface area contributed by atoms with E-state index in [0.29, 0.717) is 10.4 Å². The average Bonchev–Trinajstić information content (AvgIpc) is 2.75. The van der Waals surface area contributed by atoms with Crippen molar-refractivity contribution in [1.82, 2.24) is 9.97 Å². The second-order valence-electron chi connectivity index (χ2n) is 3.64. The first-order chi connectivity index (χ1) is 8.24. The second kappa shape index (κ2) is 3.71. The number of benzene rings is 1. The van der Waals surface area contributed by atoms with Gasteiger partial charge in [0.05, 0.1) is 10.4 Å². The highest BCUT2D eigenvalue weighted by Gasteiger charge is 2.07. The molecule has 3 rings (SSSR count). The maximum atomic E-state index is 11.9. The number of rotatable bonds is 1. The van der Waals surface area contributed by atoms with Crippen molar-refractivity contribution < 1.29 is 0 Å². The summed E-state index contributed by atoms with van der Waals surface area (Å²) in [6.07, 6.45) is 1.56. The zero-order chi connectivity index (χ0) is 11.8. The molecule has 0 atom stereocenters. The quantitative estimate of drug-likeness (QED) is 0.687. The van der Waals surface area contributed by atoms with Gasteiger partial charge >= 0.3 is 4.87 Å². The fraction of sp³-hybridized carbons (Fsp3) is 0. The van der Waals surface area contributed by atoms with Crippen LogP contribution in [0.15, 0.2) is 46.1 Å². The first-order valence-electron chi connectivity index (χ1n) is 5.05. The number of pyridine rings is 1. The Morgan fingerprint density at radius 1 is 1.12 bits per heavy atom. The van der Waals surface area contributed by atoms with Crippen LogP contribution in [0, 0.1) is 0 Å². The Morgan fingerprint density at radius 2 is 1.94 bits per heavy atom. The van der Waals surface area contributed by atoms with E-state index < -0.39 is 0 Å². The summed E-state index contributed by atoms with van der Waals surface area (Å²) in [6, 6.07) is 9.34. The molecule has 5 heteroatoms. The van der Waals surface area contributed by atoms with Gasteiger partial charge in [0.1, 0.15) is 0 Å². The number of hydrogen-bond donors (Lipinski definition) is 2. The molecular weight excluding hydrogens is 236 g/mol. The average molecular weight is 244 g/mol. The van der Waals surface area contributed by atoms with Crippen molar-refractivity contribution in [3.8, 4) is 10.4 Å². The smallest absolute Gasteiger partial charge is 0.305 e. The predicted octanol–water partition coefficient (Wildman–Crippen LogP) is 1.94. The summed E-state index contributed by atoms with van der Waals surface area (Å²) in [7, 11) is 0. The van der Waals surface area contributed by atoms with Crippen LogP contribution >= 0.6 is 11.3 Å². The molecule has 4 nitrogen and oxygen atoms in total. The first kappa shape index (κ1) is 10.0. The van der Waals surface area contributed by atoms with Crippen LogP contribution in [0.4, 0.5) is 0 Å². The molecule has 0 unspecified atom stereocenters. The number of nitrogens with one attached hydrogen (secondary N) is 2. The molecule has 17 heavy (non-hydrogen) atoms. The van der Waals surface area contributed by atoms with Gasteiger partial charge < -0.3 is 9.97 Å². The standard InChI is InChI=1S/C12H8N2O2S/c15-11-8(10-6-13-12(16)17-10)5-7-3-1-2-4-9(7)14-11/h1-6H,(H,13,16)(H,14,15). The van der Waals surface area contributed by atoms with Gasteiger partial charge in [-0.2, -0.15) is 0 Å². The lowest BCUT2D eigenvalue weighted by atomic mass is 10.1. The molecule has 0 aliphatic heterocycles. The van der Waals surface area contributed by atoms with Gasteiger partial charge in [0.25, 0.3) is 5.56 Å². The summed E-state index contributed by atoms with van der Waals surface area (Å²) in [6.45, 7) is 0. The van der Waals surface area contributed by atoms with Crippen molar-refractivity contribution in [2.45, 2.75) is 0 Å². The van der Waals surface area contributed by atoms with Crippen LogP contribution < -0.4 is 10.4 Å². The minimum absolute atomic E-state index is 0.160. The molecule has 0 aliphatic carbocycles. The monoisotopic (exact) mass is 244 g/mol. The van der Waals surface area contributed by atoms with Crippen LogP contribution in [0.2, 0.25) is 0 Å². The third kappa shape index (κ3) is 1.70. The van der Waals surface area contributed by atoms with Crippen molar-refractivity contribution in [3.05, 3.63) is 56.5 Å². The van der Waals surface area contributed by atoms with Gasteiger partial charge in [-0.1, -0.05) is 29.5 Å². The Hall–Kier alpha value is -2.14. The molecule has 0 spiro atoms. The maximum absolute atomic E-state index is 11.9. The summed E-state index contributed by atoms with van der Waals surface area (Å²) in [5.41, 5.74) is 1.13. The van der Waals surface area contributed by atoms with Crippen LogP contribution in [-0.4, -0.2) is 9.97 Å². The molecule has 1 aromatic carbocycles. The summed E-state index contributed by atoms with van der Waals surface area (Å²) >= 11 is 1.03. The molecule has 0 saturated heterocycles. The fourth-order valence-electron chi connectivity index (χ4n) is 1.75. The van der Waals surface area contributed by atoms with Gasteiger partial charge in [-0.05, 0) is 17.5 Å². The number of fused-ring (bicyclic) bond motifs is 1. The van der Waals surface area contributed by atoms with E-state index in [1.165, 1.54) is 0 Å². The molecule has 84 valence electrons. The van der Waals surface area contributed by atoms with Crippen molar-refractivity contribution in [3.63, 3.8) is 0 Å². The third-order valence-electron chi connectivity index (χ3n) is 2.54. The molecule has 0 radical (unpaired) electrons. The number of hydrogen-bond acceptors (Lipinski definition) is 3. The maximum Gasteiger partial charge on any atom is 0.305 e. The summed E-state index contributed by atoms with van der Waals surface area (Å²) in [4.78, 5) is 28.8. The molecule has 0 saturated carbocycles. The molecule has 0 aliphatic rings. The van der Waals surface area contributed by atoms with Crippen molar-refractivity contribution in [2.75, 3.05) is 0 Å². The van der Waals surface area contributed by atoms with Gasteiger partial charge in [0, 0.05) is 11.7 Å². The Morgan fingerprint density at radius 3 is 2.71 bits per heavy atom. The van der Waals surface area contributed by atoms with E-state index in [9.17, 15) is 9.59 Å². The highest BCUT2D eigenvalue weighted by Crippen LogP contribution is 2.20. The number of thiazole rings is 1. The van der Waals surface area contributed by atoms with Gasteiger partial charge in [-0.25, -0.2) is 0 Å². The topological polar surface area (TPSA) is 65.7 Å². The minimum Gasteiger partial charge on any atom is -0.321 e. The van der Waals surface area contributed by atoms with E-state index in [1.807, 2.05) is 24.3 Å². The van der Waals surface area contributed by atoms with E-state index in [-0.39, 0.29) is 10.4 Å². The Balaban J connectivity index is 2.33. The van der Waals surface area contributed by atoms with Gasteiger partial charge in [0.2, 0.25) is 0 Å². The molecule has 0 bridgehead atoms. The second-order valence-corrected chi connectivity index (χ2v) is 4.66. The van der Waals surface area contributed by atoms with E-state index in [2.05, 4.69) is 9.97 Å². The Bertz CT molecular complexity index is 798. The van der Waals surface area contributed by atoms with E-state index in [4.69, 9.17) is 0 Å². The fourth-order valence-corrected chi connectivity index (χ4v) is 2.44. The summed E-state index contributed by atoms with van der Waals surface area (Å²) in [5.74, 6) is 0. The molecule has 0 fully saturated rings. The normalized spacial score (nSPS) is 10.8. The van der Waals surface area contributed by atoms with Gasteiger partial charge in [0.15, 0.2) is 0 Å². The molecule has 2 aromatic heterocycles. The lowest BCUT2D eigenvalue weighted by Crippen LogP contribution is -2.07. The first-order valence-corrected chi connectivity index (χ1v) is 5.87. The van der Waals surface area contributed by atoms with Crippen molar-refractivity contribution in [1.29, 1.82) is 0 Å². The number of para-hydroxylation sites is 1. The summed E-state index contributed by atoms with van der Waals surface area (Å²) in [5, 5.41) is 0.947. The van der Waals surface area contributed by atoms with Crippen LogP contribution in [0.3, 0.4) is 0 Å². The van der Waals surface area contributed by atoms with E-state index in [0.717, 1.165) is 22.2 Å². The largest absolute Gasteiger partial charge is 0.321 e. The lowest BCUT2D eigenvalue weighted by Gasteiger charge is -2.00. The van der Waals surface area contributed by atoms with Crippen LogP contribution in [-0.2, 0) is 0 Å². The molecule has 3 aromatic rings. The molecule has 2 N–H and O–H groups in total. The zero-order valence-electron chi connectivity index (χ0n) is 8.69. The number of aromatic nitrogens is 2. The number of aromatic amines is 2. The van der Waals surface area contributed by atoms with Crippen LogP contribution in [0.5, 0.6) is 0 Å². The Kier molecular flexibility index (Phi) is 2.19. The van der Waals surface area contributed by atoms with Gasteiger partial charge in [-0.15, -0.1) is 0 Å².